The summed E-state index contributed by atoms with van der Waals surface area (Å²) in [6.45, 7) is 1.94. The third-order valence-corrected chi connectivity index (χ3v) is 4.23. The minimum Gasteiger partial charge on any atom is -0.309 e. The van der Waals surface area contributed by atoms with Crippen molar-refractivity contribution in [3.8, 4) is 0 Å². The van der Waals surface area contributed by atoms with Crippen molar-refractivity contribution in [2.75, 3.05) is 5.75 Å². The van der Waals surface area contributed by atoms with Gasteiger partial charge in [-0.05, 0) is 26.2 Å². The topological polar surface area (TPSA) is 47.8 Å². The summed E-state index contributed by atoms with van der Waals surface area (Å²) in [5.74, 6) is 2.65. The van der Waals surface area contributed by atoms with Gasteiger partial charge in [0.1, 0.15) is 11.6 Å². The van der Waals surface area contributed by atoms with Crippen molar-refractivity contribution in [3.63, 3.8) is 0 Å². The van der Waals surface area contributed by atoms with Crippen molar-refractivity contribution in [3.05, 3.63) is 5.82 Å². The molecule has 1 aromatic heterocycles. The summed E-state index contributed by atoms with van der Waals surface area (Å²) in [6.07, 6.45) is 3.93. The van der Waals surface area contributed by atoms with Crippen LogP contribution >= 0.6 is 11.8 Å². The molecule has 5 heteroatoms. The van der Waals surface area contributed by atoms with E-state index in [9.17, 15) is 4.79 Å². The van der Waals surface area contributed by atoms with Gasteiger partial charge in [0.2, 0.25) is 0 Å². The Bertz CT molecular complexity index is 389. The van der Waals surface area contributed by atoms with Gasteiger partial charge in [0.25, 0.3) is 0 Å². The molecule has 1 aliphatic rings. The molecule has 0 radical (unpaired) electrons. The highest BCUT2D eigenvalue weighted by molar-refractivity contribution is 7.99. The SMILES string of the molecule is Cc1nnc(SCCC2CCCC2=O)n1C. The number of Topliss-reactive ketones (excluding diaryl/α,β-unsaturated/α-hetero) is 1. The molecule has 0 amide bonds. The normalized spacial score (nSPS) is 20.6. The van der Waals surface area contributed by atoms with E-state index in [1.165, 1.54) is 0 Å². The minimum atomic E-state index is 0.307. The lowest BCUT2D eigenvalue weighted by Gasteiger charge is -2.06. The zero-order chi connectivity index (χ0) is 11.5. The number of carbonyl (C=O) groups is 1. The Kier molecular flexibility index (Phi) is 3.63. The zero-order valence-corrected chi connectivity index (χ0v) is 10.6. The van der Waals surface area contributed by atoms with Crippen LogP contribution in [0.1, 0.15) is 31.5 Å². The molecular formula is C11H17N3OS. The fraction of sp³-hybridized carbons (Fsp3) is 0.727. The molecule has 0 N–H and O–H groups in total. The van der Waals surface area contributed by atoms with Crippen LogP contribution in [0.25, 0.3) is 0 Å². The minimum absolute atomic E-state index is 0.307. The monoisotopic (exact) mass is 239 g/mol. The van der Waals surface area contributed by atoms with Crippen molar-refractivity contribution < 1.29 is 4.79 Å². The molecular weight excluding hydrogens is 222 g/mol. The van der Waals surface area contributed by atoms with Crippen LogP contribution < -0.4 is 0 Å². The Labute approximate surface area is 99.8 Å². The van der Waals surface area contributed by atoms with E-state index in [4.69, 9.17) is 0 Å². The second-order valence-electron chi connectivity index (χ2n) is 4.28. The van der Waals surface area contributed by atoms with Gasteiger partial charge < -0.3 is 4.57 Å². The first kappa shape index (κ1) is 11.6. The fourth-order valence-corrected chi connectivity index (χ4v) is 3.01. The first-order valence-corrected chi connectivity index (χ1v) is 6.68. The second kappa shape index (κ2) is 4.99. The van der Waals surface area contributed by atoms with Gasteiger partial charge in [-0.2, -0.15) is 0 Å². The van der Waals surface area contributed by atoms with Gasteiger partial charge in [-0.3, -0.25) is 4.79 Å². The lowest BCUT2D eigenvalue weighted by atomic mass is 10.1. The van der Waals surface area contributed by atoms with Crippen molar-refractivity contribution >= 4 is 17.5 Å². The quantitative estimate of drug-likeness (QED) is 0.754. The van der Waals surface area contributed by atoms with Crippen molar-refractivity contribution in [2.45, 2.75) is 37.8 Å². The molecule has 1 fully saturated rings. The zero-order valence-electron chi connectivity index (χ0n) is 9.77. The Balaban J connectivity index is 1.80. The molecule has 88 valence electrons. The lowest BCUT2D eigenvalue weighted by Crippen LogP contribution is -2.07. The number of carbonyl (C=O) groups excluding carboxylic acids is 1. The third kappa shape index (κ3) is 2.45. The van der Waals surface area contributed by atoms with E-state index < -0.39 is 0 Å². The third-order valence-electron chi connectivity index (χ3n) is 3.18. The van der Waals surface area contributed by atoms with E-state index >= 15 is 0 Å². The van der Waals surface area contributed by atoms with Crippen molar-refractivity contribution in [2.24, 2.45) is 13.0 Å². The van der Waals surface area contributed by atoms with Gasteiger partial charge in [0.15, 0.2) is 5.16 Å². The molecule has 4 nitrogen and oxygen atoms in total. The number of hydrogen-bond donors (Lipinski definition) is 0. The van der Waals surface area contributed by atoms with Crippen LogP contribution in [-0.4, -0.2) is 26.3 Å². The first-order valence-electron chi connectivity index (χ1n) is 5.70. The summed E-state index contributed by atoms with van der Waals surface area (Å²) < 4.78 is 1.99. The molecule has 1 aliphatic carbocycles. The van der Waals surface area contributed by atoms with Crippen LogP contribution in [0, 0.1) is 12.8 Å². The predicted octanol–water partition coefficient (Wildman–Crippen LogP) is 1.97. The summed E-state index contributed by atoms with van der Waals surface area (Å²) in [7, 11) is 1.97. The number of rotatable bonds is 4. The van der Waals surface area contributed by atoms with E-state index in [0.717, 1.165) is 42.4 Å². The van der Waals surface area contributed by atoms with Gasteiger partial charge in [-0.25, -0.2) is 0 Å². The van der Waals surface area contributed by atoms with Crippen molar-refractivity contribution in [1.82, 2.24) is 14.8 Å². The van der Waals surface area contributed by atoms with Gasteiger partial charge in [-0.15, -0.1) is 10.2 Å². The summed E-state index contributed by atoms with van der Waals surface area (Å²) in [5.41, 5.74) is 0. The summed E-state index contributed by atoms with van der Waals surface area (Å²) >= 11 is 1.69. The Hall–Kier alpha value is -0.840. The Morgan fingerprint density at radius 2 is 2.31 bits per heavy atom. The maximum Gasteiger partial charge on any atom is 0.190 e. The van der Waals surface area contributed by atoms with E-state index in [2.05, 4.69) is 10.2 Å². The highest BCUT2D eigenvalue weighted by Crippen LogP contribution is 2.27. The number of hydrogen-bond acceptors (Lipinski definition) is 4. The van der Waals surface area contributed by atoms with Gasteiger partial charge in [0.05, 0.1) is 0 Å². The predicted molar refractivity (Wildman–Crippen MR) is 63.4 cm³/mol. The number of ketones is 1. The summed E-state index contributed by atoms with van der Waals surface area (Å²) in [6, 6.07) is 0. The molecule has 1 unspecified atom stereocenters. The van der Waals surface area contributed by atoms with Crippen LogP contribution in [0.15, 0.2) is 5.16 Å². The van der Waals surface area contributed by atoms with Crippen LogP contribution in [0.2, 0.25) is 0 Å². The number of thioether (sulfide) groups is 1. The molecule has 0 aromatic carbocycles. The van der Waals surface area contributed by atoms with Crippen LogP contribution in [0.5, 0.6) is 0 Å². The lowest BCUT2D eigenvalue weighted by molar-refractivity contribution is -0.120. The largest absolute Gasteiger partial charge is 0.309 e. The molecule has 1 heterocycles. The van der Waals surface area contributed by atoms with E-state index in [1.807, 2.05) is 18.5 Å². The van der Waals surface area contributed by atoms with Gasteiger partial charge in [-0.1, -0.05) is 11.8 Å². The molecule has 1 saturated carbocycles. The smallest absolute Gasteiger partial charge is 0.190 e. The molecule has 1 atom stereocenters. The molecule has 1 aromatic rings. The van der Waals surface area contributed by atoms with E-state index in [0.29, 0.717) is 11.7 Å². The fourth-order valence-electron chi connectivity index (χ4n) is 2.00. The highest BCUT2D eigenvalue weighted by Gasteiger charge is 2.23. The average molecular weight is 239 g/mol. The standard InChI is InChI=1S/C11H17N3OS/c1-8-12-13-11(14(8)2)16-7-6-9-4-3-5-10(9)15/h9H,3-7H2,1-2H3. The maximum atomic E-state index is 11.4. The van der Waals surface area contributed by atoms with Crippen LogP contribution in [-0.2, 0) is 11.8 Å². The Morgan fingerprint density at radius 3 is 2.88 bits per heavy atom. The average Bonchev–Trinajstić information content (AvgIpc) is 2.80. The Morgan fingerprint density at radius 1 is 1.50 bits per heavy atom. The van der Waals surface area contributed by atoms with Crippen molar-refractivity contribution in [1.29, 1.82) is 0 Å². The highest BCUT2D eigenvalue weighted by atomic mass is 32.2. The summed E-state index contributed by atoms with van der Waals surface area (Å²) in [4.78, 5) is 11.4. The molecule has 0 saturated heterocycles. The molecule has 0 bridgehead atoms. The van der Waals surface area contributed by atoms with E-state index in [1.54, 1.807) is 11.8 Å². The first-order chi connectivity index (χ1) is 7.68. The molecule has 0 aliphatic heterocycles. The molecule has 0 spiro atoms. The van der Waals surface area contributed by atoms with E-state index in [-0.39, 0.29) is 0 Å². The second-order valence-corrected chi connectivity index (χ2v) is 5.34. The molecule has 2 rings (SSSR count). The number of nitrogens with zero attached hydrogens (tertiary/aromatic N) is 3. The number of aryl methyl sites for hydroxylation is 1. The molecule has 16 heavy (non-hydrogen) atoms. The van der Waals surface area contributed by atoms with Gasteiger partial charge in [0, 0.05) is 25.1 Å². The number of aromatic nitrogens is 3. The summed E-state index contributed by atoms with van der Waals surface area (Å²) in [5, 5.41) is 9.04. The maximum absolute atomic E-state index is 11.4. The van der Waals surface area contributed by atoms with Crippen LogP contribution in [0.3, 0.4) is 0 Å². The van der Waals surface area contributed by atoms with Gasteiger partial charge >= 0.3 is 0 Å². The van der Waals surface area contributed by atoms with Crippen LogP contribution in [0.4, 0.5) is 0 Å².